The first-order chi connectivity index (χ1) is 8.77. The fourth-order valence-electron chi connectivity index (χ4n) is 2.37. The highest BCUT2D eigenvalue weighted by molar-refractivity contribution is 4.79. The van der Waals surface area contributed by atoms with Crippen molar-refractivity contribution in [1.29, 1.82) is 0 Å². The zero-order valence-corrected chi connectivity index (χ0v) is 11.7. The predicted octanol–water partition coefficient (Wildman–Crippen LogP) is 0.0842. The third kappa shape index (κ3) is 6.11. The van der Waals surface area contributed by atoms with Crippen molar-refractivity contribution >= 4 is 0 Å². The van der Waals surface area contributed by atoms with Gasteiger partial charge in [-0.25, -0.2) is 0 Å². The zero-order chi connectivity index (χ0) is 13.2. The van der Waals surface area contributed by atoms with Gasteiger partial charge in [0, 0.05) is 26.2 Å². The van der Waals surface area contributed by atoms with Crippen LogP contribution in [0.4, 0.5) is 0 Å². The Bertz CT molecular complexity index is 199. The Kier molecular flexibility index (Phi) is 8.54. The van der Waals surface area contributed by atoms with Crippen LogP contribution in [-0.4, -0.2) is 75.3 Å². The molecule has 1 heterocycles. The first-order valence-corrected chi connectivity index (χ1v) is 6.97. The molecule has 2 N–H and O–H groups in total. The van der Waals surface area contributed by atoms with E-state index in [2.05, 4.69) is 17.1 Å². The van der Waals surface area contributed by atoms with E-state index in [0.717, 1.165) is 19.6 Å². The van der Waals surface area contributed by atoms with E-state index in [-0.39, 0.29) is 0 Å². The average Bonchev–Trinajstić information content (AvgIpc) is 2.42. The molecule has 0 radical (unpaired) electrons. The summed E-state index contributed by atoms with van der Waals surface area (Å²) in [6.07, 6.45) is 2.03. The molecule has 18 heavy (non-hydrogen) atoms. The maximum atomic E-state index is 9.95. The molecule has 5 heteroatoms. The molecular weight excluding hydrogens is 232 g/mol. The second-order valence-electron chi connectivity index (χ2n) is 4.81. The van der Waals surface area contributed by atoms with Gasteiger partial charge in [0.1, 0.15) is 0 Å². The second kappa shape index (κ2) is 9.69. The van der Waals surface area contributed by atoms with Crippen LogP contribution in [0.25, 0.3) is 0 Å². The molecule has 2 atom stereocenters. The maximum Gasteiger partial charge on any atom is 0.0900 e. The number of aliphatic hydroxyl groups excluding tert-OH is 1. The molecule has 5 nitrogen and oxygen atoms in total. The van der Waals surface area contributed by atoms with Crippen molar-refractivity contribution in [3.05, 3.63) is 0 Å². The molecule has 0 bridgehead atoms. The van der Waals surface area contributed by atoms with Crippen LogP contribution in [0.15, 0.2) is 0 Å². The topological polar surface area (TPSA) is 54.0 Å². The largest absolute Gasteiger partial charge is 0.389 e. The van der Waals surface area contributed by atoms with Crippen LogP contribution in [0.5, 0.6) is 0 Å². The van der Waals surface area contributed by atoms with Crippen molar-refractivity contribution in [2.75, 3.05) is 53.1 Å². The molecule has 1 aliphatic rings. The Labute approximate surface area is 110 Å². The number of nitrogens with zero attached hydrogens (tertiary/aromatic N) is 1. The number of nitrogens with one attached hydrogen (secondary N) is 1. The highest BCUT2D eigenvalue weighted by atomic mass is 16.5. The van der Waals surface area contributed by atoms with Gasteiger partial charge in [0.2, 0.25) is 0 Å². The van der Waals surface area contributed by atoms with E-state index >= 15 is 0 Å². The standard InChI is InChI=1S/C13H28N2O3/c1-3-15(12-5-4-6-14-9-12)10-13(16)11-18-8-7-17-2/h12-14,16H,3-11H2,1-2H3. The molecule has 0 aromatic heterocycles. The van der Waals surface area contributed by atoms with Gasteiger partial charge in [-0.05, 0) is 25.9 Å². The summed E-state index contributed by atoms with van der Waals surface area (Å²) < 4.78 is 10.2. The van der Waals surface area contributed by atoms with Crippen molar-refractivity contribution < 1.29 is 14.6 Å². The van der Waals surface area contributed by atoms with Crippen molar-refractivity contribution in [3.8, 4) is 0 Å². The van der Waals surface area contributed by atoms with E-state index in [0.29, 0.717) is 32.4 Å². The lowest BCUT2D eigenvalue weighted by atomic mass is 10.1. The Morgan fingerprint density at radius 1 is 1.44 bits per heavy atom. The molecule has 1 fully saturated rings. The minimum absolute atomic E-state index is 0.389. The Morgan fingerprint density at radius 3 is 2.89 bits per heavy atom. The summed E-state index contributed by atoms with van der Waals surface area (Å²) in [5.74, 6) is 0. The lowest BCUT2D eigenvalue weighted by Crippen LogP contribution is -2.49. The minimum Gasteiger partial charge on any atom is -0.389 e. The maximum absolute atomic E-state index is 9.95. The van der Waals surface area contributed by atoms with Crippen molar-refractivity contribution in [3.63, 3.8) is 0 Å². The first kappa shape index (κ1) is 15.9. The predicted molar refractivity (Wildman–Crippen MR) is 71.8 cm³/mol. The molecule has 0 spiro atoms. The number of hydrogen-bond acceptors (Lipinski definition) is 5. The molecule has 108 valence electrons. The number of ether oxygens (including phenoxy) is 2. The number of methoxy groups -OCH3 is 1. The van der Waals surface area contributed by atoms with Gasteiger partial charge in [-0.2, -0.15) is 0 Å². The lowest BCUT2D eigenvalue weighted by Gasteiger charge is -2.35. The summed E-state index contributed by atoms with van der Waals surface area (Å²) in [5.41, 5.74) is 0. The van der Waals surface area contributed by atoms with Gasteiger partial charge in [0.25, 0.3) is 0 Å². The summed E-state index contributed by atoms with van der Waals surface area (Å²) in [7, 11) is 1.65. The highest BCUT2D eigenvalue weighted by Gasteiger charge is 2.21. The fourth-order valence-corrected chi connectivity index (χ4v) is 2.37. The summed E-state index contributed by atoms with van der Waals surface area (Å²) in [6, 6.07) is 0.553. The van der Waals surface area contributed by atoms with Gasteiger partial charge < -0.3 is 19.9 Å². The fraction of sp³-hybridized carbons (Fsp3) is 1.00. The average molecular weight is 260 g/mol. The van der Waals surface area contributed by atoms with Crippen LogP contribution >= 0.6 is 0 Å². The summed E-state index contributed by atoms with van der Waals surface area (Å²) in [5, 5.41) is 13.4. The summed E-state index contributed by atoms with van der Waals surface area (Å²) in [4.78, 5) is 2.34. The van der Waals surface area contributed by atoms with E-state index in [1.54, 1.807) is 7.11 Å². The van der Waals surface area contributed by atoms with Crippen molar-refractivity contribution in [1.82, 2.24) is 10.2 Å². The molecule has 0 aromatic carbocycles. The SMILES string of the molecule is CCN(CC(O)COCCOC)C1CCCNC1. The van der Waals surface area contributed by atoms with Gasteiger partial charge in [-0.1, -0.05) is 6.92 Å². The molecule has 0 saturated carbocycles. The monoisotopic (exact) mass is 260 g/mol. The summed E-state index contributed by atoms with van der Waals surface area (Å²) in [6.45, 7) is 7.48. The van der Waals surface area contributed by atoms with Crippen LogP contribution in [0.2, 0.25) is 0 Å². The second-order valence-corrected chi connectivity index (χ2v) is 4.81. The first-order valence-electron chi connectivity index (χ1n) is 6.97. The third-order valence-electron chi connectivity index (χ3n) is 3.38. The quantitative estimate of drug-likeness (QED) is 0.575. The molecule has 1 rings (SSSR count). The van der Waals surface area contributed by atoms with Crippen LogP contribution in [0.1, 0.15) is 19.8 Å². The molecular formula is C13H28N2O3. The van der Waals surface area contributed by atoms with Crippen molar-refractivity contribution in [2.45, 2.75) is 31.9 Å². The van der Waals surface area contributed by atoms with E-state index in [1.165, 1.54) is 12.8 Å². The third-order valence-corrected chi connectivity index (χ3v) is 3.38. The Morgan fingerprint density at radius 2 is 2.28 bits per heavy atom. The number of aliphatic hydroxyl groups is 1. The molecule has 2 unspecified atom stereocenters. The number of rotatable bonds is 9. The molecule has 0 amide bonds. The van der Waals surface area contributed by atoms with E-state index < -0.39 is 6.10 Å². The highest BCUT2D eigenvalue weighted by Crippen LogP contribution is 2.10. The van der Waals surface area contributed by atoms with Crippen molar-refractivity contribution in [2.24, 2.45) is 0 Å². The van der Waals surface area contributed by atoms with Crippen LogP contribution in [-0.2, 0) is 9.47 Å². The molecule has 1 saturated heterocycles. The smallest absolute Gasteiger partial charge is 0.0900 e. The van der Waals surface area contributed by atoms with E-state index in [9.17, 15) is 5.11 Å². The van der Waals surface area contributed by atoms with Crippen LogP contribution in [0.3, 0.4) is 0 Å². The molecule has 0 aromatic rings. The molecule has 0 aliphatic carbocycles. The minimum atomic E-state index is -0.413. The van der Waals surface area contributed by atoms with E-state index in [4.69, 9.17) is 9.47 Å². The number of hydrogen-bond donors (Lipinski definition) is 2. The van der Waals surface area contributed by atoms with Gasteiger partial charge >= 0.3 is 0 Å². The number of piperidine rings is 1. The van der Waals surface area contributed by atoms with Gasteiger partial charge in [0.15, 0.2) is 0 Å². The summed E-state index contributed by atoms with van der Waals surface area (Å²) >= 11 is 0. The lowest BCUT2D eigenvalue weighted by molar-refractivity contribution is -0.00713. The van der Waals surface area contributed by atoms with E-state index in [1.807, 2.05) is 0 Å². The number of likely N-dealkylation sites (N-methyl/N-ethyl adjacent to an activating group) is 1. The Balaban J connectivity index is 2.19. The normalized spacial score (nSPS) is 22.3. The van der Waals surface area contributed by atoms with Gasteiger partial charge in [-0.3, -0.25) is 4.90 Å². The van der Waals surface area contributed by atoms with Crippen LogP contribution in [0, 0.1) is 0 Å². The van der Waals surface area contributed by atoms with Crippen LogP contribution < -0.4 is 5.32 Å². The zero-order valence-electron chi connectivity index (χ0n) is 11.7. The van der Waals surface area contributed by atoms with Gasteiger partial charge in [-0.15, -0.1) is 0 Å². The van der Waals surface area contributed by atoms with Gasteiger partial charge in [0.05, 0.1) is 25.9 Å². The molecule has 1 aliphatic heterocycles. The Hall–Kier alpha value is -0.200.